The molecule has 2 aromatic heterocycles. The molecule has 0 saturated carbocycles. The summed E-state index contributed by atoms with van der Waals surface area (Å²) >= 11 is 0. The molecule has 8 heteroatoms. The lowest BCUT2D eigenvalue weighted by Crippen LogP contribution is -2.49. The van der Waals surface area contributed by atoms with Crippen molar-refractivity contribution in [3.63, 3.8) is 0 Å². The van der Waals surface area contributed by atoms with Crippen LogP contribution in [0.4, 0.5) is 16.4 Å². The number of hydrogen-bond donors (Lipinski definition) is 2. The summed E-state index contributed by atoms with van der Waals surface area (Å²) in [6.07, 6.45) is 7.17. The monoisotopic (exact) mass is 351 g/mol. The number of urea groups is 1. The number of fused-ring (bicyclic) bond motifs is 1. The van der Waals surface area contributed by atoms with E-state index in [4.69, 9.17) is 0 Å². The number of amides is 2. The van der Waals surface area contributed by atoms with E-state index in [1.54, 1.807) is 24.8 Å². The van der Waals surface area contributed by atoms with Gasteiger partial charge in [-0.25, -0.2) is 19.7 Å². The van der Waals surface area contributed by atoms with Gasteiger partial charge in [0.05, 0.1) is 17.4 Å². The Morgan fingerprint density at radius 1 is 1.23 bits per heavy atom. The van der Waals surface area contributed by atoms with Crippen LogP contribution in [0.25, 0.3) is 11.0 Å². The van der Waals surface area contributed by atoms with Crippen LogP contribution in [0.3, 0.4) is 0 Å². The van der Waals surface area contributed by atoms with Crippen LogP contribution >= 0.6 is 0 Å². The Labute approximate surface area is 151 Å². The topological polar surface area (TPSA) is 88.0 Å². The SMILES string of the molecule is Cn1cnc2ccc(NC(=O)N[C@H]3CCCN(c4ncccn4)C3)cc21. The molecule has 1 saturated heterocycles. The van der Waals surface area contributed by atoms with Crippen molar-refractivity contribution < 1.29 is 4.79 Å². The predicted octanol–water partition coefficient (Wildman–Crippen LogP) is 2.15. The van der Waals surface area contributed by atoms with Crippen molar-refractivity contribution in [2.24, 2.45) is 7.05 Å². The highest BCUT2D eigenvalue weighted by Crippen LogP contribution is 2.18. The van der Waals surface area contributed by atoms with Crippen molar-refractivity contribution in [2.75, 3.05) is 23.3 Å². The number of aromatic nitrogens is 4. The van der Waals surface area contributed by atoms with E-state index in [1.165, 1.54) is 0 Å². The van der Waals surface area contributed by atoms with Crippen molar-refractivity contribution in [2.45, 2.75) is 18.9 Å². The largest absolute Gasteiger partial charge is 0.339 e. The molecule has 134 valence electrons. The fraction of sp³-hybridized carbons (Fsp3) is 0.333. The fourth-order valence-electron chi connectivity index (χ4n) is 3.29. The molecule has 1 fully saturated rings. The van der Waals surface area contributed by atoms with E-state index in [1.807, 2.05) is 29.8 Å². The highest BCUT2D eigenvalue weighted by Gasteiger charge is 2.23. The average Bonchev–Trinajstić information content (AvgIpc) is 3.03. The van der Waals surface area contributed by atoms with Crippen LogP contribution < -0.4 is 15.5 Å². The number of hydrogen-bond acceptors (Lipinski definition) is 5. The summed E-state index contributed by atoms with van der Waals surface area (Å²) in [5, 5.41) is 5.97. The van der Waals surface area contributed by atoms with Crippen molar-refractivity contribution in [3.05, 3.63) is 43.0 Å². The summed E-state index contributed by atoms with van der Waals surface area (Å²) in [6, 6.07) is 7.35. The minimum Gasteiger partial charge on any atom is -0.339 e. The summed E-state index contributed by atoms with van der Waals surface area (Å²) in [5.74, 6) is 0.709. The molecule has 0 radical (unpaired) electrons. The maximum Gasteiger partial charge on any atom is 0.319 e. The molecule has 26 heavy (non-hydrogen) atoms. The molecular formula is C18H21N7O. The maximum absolute atomic E-state index is 12.4. The van der Waals surface area contributed by atoms with Crippen molar-refractivity contribution in [3.8, 4) is 0 Å². The minimum atomic E-state index is -0.202. The van der Waals surface area contributed by atoms with Gasteiger partial charge in [-0.1, -0.05) is 0 Å². The predicted molar refractivity (Wildman–Crippen MR) is 100 cm³/mol. The van der Waals surface area contributed by atoms with Gasteiger partial charge < -0.3 is 20.1 Å². The molecule has 1 atom stereocenters. The first-order valence-corrected chi connectivity index (χ1v) is 8.69. The van der Waals surface area contributed by atoms with Crippen LogP contribution in [0.5, 0.6) is 0 Å². The van der Waals surface area contributed by atoms with Crippen molar-refractivity contribution in [1.82, 2.24) is 24.8 Å². The van der Waals surface area contributed by atoms with Crippen LogP contribution in [0, 0.1) is 0 Å². The van der Waals surface area contributed by atoms with E-state index in [0.717, 1.165) is 36.1 Å². The molecule has 1 aromatic carbocycles. The van der Waals surface area contributed by atoms with Crippen LogP contribution in [0.15, 0.2) is 43.0 Å². The summed E-state index contributed by atoms with van der Waals surface area (Å²) in [4.78, 5) is 27.4. The summed E-state index contributed by atoms with van der Waals surface area (Å²) < 4.78 is 1.93. The second-order valence-corrected chi connectivity index (χ2v) is 6.49. The van der Waals surface area contributed by atoms with Crippen LogP contribution in [0.2, 0.25) is 0 Å². The van der Waals surface area contributed by atoms with Crippen molar-refractivity contribution >= 4 is 28.7 Å². The lowest BCUT2D eigenvalue weighted by Gasteiger charge is -2.33. The summed E-state index contributed by atoms with van der Waals surface area (Å²) in [6.45, 7) is 1.61. The smallest absolute Gasteiger partial charge is 0.319 e. The third-order valence-corrected chi connectivity index (χ3v) is 4.57. The number of nitrogens with one attached hydrogen (secondary N) is 2. The van der Waals surface area contributed by atoms with Crippen molar-refractivity contribution in [1.29, 1.82) is 0 Å². The Hall–Kier alpha value is -3.16. The molecule has 0 aliphatic carbocycles. The number of piperidine rings is 1. The van der Waals surface area contributed by atoms with E-state index in [9.17, 15) is 4.79 Å². The second-order valence-electron chi connectivity index (χ2n) is 6.49. The fourth-order valence-corrected chi connectivity index (χ4v) is 3.29. The first-order valence-electron chi connectivity index (χ1n) is 8.69. The molecule has 4 rings (SSSR count). The molecule has 3 heterocycles. The summed E-state index contributed by atoms with van der Waals surface area (Å²) in [7, 11) is 1.93. The molecule has 2 amide bonds. The Bertz CT molecular complexity index is 908. The normalized spacial score (nSPS) is 17.3. The zero-order valence-corrected chi connectivity index (χ0v) is 14.6. The van der Waals surface area contributed by atoms with Crippen LogP contribution in [0.1, 0.15) is 12.8 Å². The molecule has 1 aliphatic heterocycles. The molecule has 0 bridgehead atoms. The van der Waals surface area contributed by atoms with Crippen LogP contribution in [-0.2, 0) is 7.05 Å². The first-order chi connectivity index (χ1) is 12.7. The zero-order chi connectivity index (χ0) is 17.9. The van der Waals surface area contributed by atoms with E-state index in [0.29, 0.717) is 12.5 Å². The number of carbonyl (C=O) groups is 1. The molecule has 2 N–H and O–H groups in total. The average molecular weight is 351 g/mol. The maximum atomic E-state index is 12.4. The standard InChI is InChI=1S/C18H21N7O/c1-24-12-21-15-6-5-13(10-16(15)24)22-18(26)23-14-4-2-9-25(11-14)17-19-7-3-8-20-17/h3,5-8,10,12,14H,2,4,9,11H2,1H3,(H2,22,23,26)/t14-/m0/s1. The molecule has 0 spiro atoms. The number of rotatable bonds is 3. The van der Waals surface area contributed by atoms with Gasteiger partial charge in [-0.05, 0) is 37.1 Å². The van der Waals surface area contributed by atoms with Gasteiger partial charge in [0.2, 0.25) is 5.95 Å². The Balaban J connectivity index is 1.38. The Morgan fingerprint density at radius 2 is 2.08 bits per heavy atom. The first kappa shape index (κ1) is 16.3. The number of carbonyl (C=O) groups excluding carboxylic acids is 1. The zero-order valence-electron chi connectivity index (χ0n) is 14.6. The molecular weight excluding hydrogens is 330 g/mol. The van der Waals surface area contributed by atoms with Gasteiger partial charge in [0.25, 0.3) is 0 Å². The molecule has 0 unspecified atom stereocenters. The Morgan fingerprint density at radius 3 is 2.92 bits per heavy atom. The van der Waals surface area contributed by atoms with Gasteiger partial charge in [-0.15, -0.1) is 0 Å². The summed E-state index contributed by atoms with van der Waals surface area (Å²) in [5.41, 5.74) is 2.63. The van der Waals surface area contributed by atoms with E-state index in [-0.39, 0.29) is 12.1 Å². The highest BCUT2D eigenvalue weighted by molar-refractivity contribution is 5.92. The van der Waals surface area contributed by atoms with Gasteiger partial charge in [0.1, 0.15) is 0 Å². The number of anilines is 2. The van der Waals surface area contributed by atoms with Crippen LogP contribution in [-0.4, -0.2) is 44.7 Å². The third kappa shape index (κ3) is 3.44. The quantitative estimate of drug-likeness (QED) is 0.755. The van der Waals surface area contributed by atoms with E-state index in [2.05, 4.69) is 30.5 Å². The molecule has 8 nitrogen and oxygen atoms in total. The second kappa shape index (κ2) is 6.99. The third-order valence-electron chi connectivity index (χ3n) is 4.57. The number of imidazole rings is 1. The Kier molecular flexibility index (Phi) is 4.39. The number of aryl methyl sites for hydroxylation is 1. The minimum absolute atomic E-state index is 0.0630. The van der Waals surface area contributed by atoms with Gasteiger partial charge in [-0.2, -0.15) is 0 Å². The lowest BCUT2D eigenvalue weighted by atomic mass is 10.1. The van der Waals surface area contributed by atoms with Gasteiger partial charge in [-0.3, -0.25) is 0 Å². The van der Waals surface area contributed by atoms with E-state index >= 15 is 0 Å². The van der Waals surface area contributed by atoms with Gasteiger partial charge in [0.15, 0.2) is 0 Å². The van der Waals surface area contributed by atoms with Gasteiger partial charge >= 0.3 is 6.03 Å². The molecule has 1 aliphatic rings. The van der Waals surface area contributed by atoms with Gasteiger partial charge in [0, 0.05) is 44.3 Å². The number of benzene rings is 1. The number of nitrogens with zero attached hydrogens (tertiary/aromatic N) is 5. The molecule has 3 aromatic rings. The lowest BCUT2D eigenvalue weighted by molar-refractivity contribution is 0.246. The highest BCUT2D eigenvalue weighted by atomic mass is 16.2. The van der Waals surface area contributed by atoms with E-state index < -0.39 is 0 Å².